The molecule has 1 fully saturated rings. The molecular formula is C20H31N3O2. The van der Waals surface area contributed by atoms with E-state index >= 15 is 0 Å². The molecule has 2 heterocycles. The number of anilines is 1. The highest BCUT2D eigenvalue weighted by atomic mass is 16.5. The number of benzene rings is 1. The van der Waals surface area contributed by atoms with E-state index in [0.29, 0.717) is 12.5 Å². The summed E-state index contributed by atoms with van der Waals surface area (Å²) in [6.07, 6.45) is 0.960. The monoisotopic (exact) mass is 345 g/mol. The smallest absolute Gasteiger partial charge is 0.241 e. The number of hydrogen-bond donors (Lipinski definition) is 0. The fourth-order valence-corrected chi connectivity index (χ4v) is 4.27. The van der Waals surface area contributed by atoms with Crippen LogP contribution in [0.15, 0.2) is 18.2 Å². The molecule has 0 spiro atoms. The van der Waals surface area contributed by atoms with Crippen molar-refractivity contribution in [1.29, 1.82) is 0 Å². The number of carbonyl (C=O) groups is 1. The first-order valence-electron chi connectivity index (χ1n) is 9.24. The lowest BCUT2D eigenvalue weighted by molar-refractivity contribution is -0.121. The molecule has 2 aliphatic rings. The van der Waals surface area contributed by atoms with Crippen molar-refractivity contribution in [1.82, 2.24) is 9.80 Å². The van der Waals surface area contributed by atoms with Gasteiger partial charge in [0, 0.05) is 37.4 Å². The summed E-state index contributed by atoms with van der Waals surface area (Å²) in [5.41, 5.74) is 2.08. The summed E-state index contributed by atoms with van der Waals surface area (Å²) in [6, 6.07) is 6.10. The molecule has 1 saturated heterocycles. The van der Waals surface area contributed by atoms with Gasteiger partial charge in [-0.25, -0.2) is 0 Å². The van der Waals surface area contributed by atoms with Gasteiger partial charge in [0.15, 0.2) is 0 Å². The second kappa shape index (κ2) is 6.96. The number of nitrogens with zero attached hydrogens (tertiary/aromatic N) is 3. The van der Waals surface area contributed by atoms with E-state index in [0.717, 1.165) is 44.0 Å². The number of rotatable bonds is 3. The molecule has 0 saturated carbocycles. The molecule has 0 aromatic heterocycles. The van der Waals surface area contributed by atoms with Gasteiger partial charge in [-0.05, 0) is 57.0 Å². The van der Waals surface area contributed by atoms with E-state index < -0.39 is 0 Å². The molecule has 0 N–H and O–H groups in total. The Labute approximate surface area is 151 Å². The van der Waals surface area contributed by atoms with Gasteiger partial charge in [0.2, 0.25) is 5.91 Å². The predicted molar refractivity (Wildman–Crippen MR) is 102 cm³/mol. The number of fused-ring (bicyclic) bond motifs is 1. The number of methoxy groups -OCH3 is 1. The maximum atomic E-state index is 13.2. The summed E-state index contributed by atoms with van der Waals surface area (Å²) in [4.78, 5) is 19.8. The number of ether oxygens (including phenoxy) is 1. The van der Waals surface area contributed by atoms with Gasteiger partial charge in [-0.15, -0.1) is 0 Å². The van der Waals surface area contributed by atoms with E-state index in [2.05, 4.69) is 43.7 Å². The van der Waals surface area contributed by atoms with Crippen molar-refractivity contribution in [2.24, 2.45) is 0 Å². The zero-order valence-electron chi connectivity index (χ0n) is 16.2. The molecule has 0 radical (unpaired) electrons. The average molecular weight is 345 g/mol. The minimum absolute atomic E-state index is 0.176. The topological polar surface area (TPSA) is 36.0 Å². The van der Waals surface area contributed by atoms with E-state index in [9.17, 15) is 4.79 Å². The van der Waals surface area contributed by atoms with Crippen molar-refractivity contribution in [2.75, 3.05) is 51.8 Å². The lowest BCUT2D eigenvalue weighted by atomic mass is 9.80. The van der Waals surface area contributed by atoms with Crippen LogP contribution in [0.5, 0.6) is 5.75 Å². The Morgan fingerprint density at radius 3 is 2.56 bits per heavy atom. The Balaban J connectivity index is 1.86. The molecule has 138 valence electrons. The first-order chi connectivity index (χ1) is 11.8. The first-order valence-corrected chi connectivity index (χ1v) is 9.24. The van der Waals surface area contributed by atoms with Gasteiger partial charge in [0.05, 0.1) is 13.7 Å². The molecule has 5 nitrogen and oxygen atoms in total. The molecule has 1 aromatic rings. The minimum atomic E-state index is -0.176. The number of piperazine rings is 1. The third-order valence-corrected chi connectivity index (χ3v) is 5.62. The van der Waals surface area contributed by atoms with E-state index in [-0.39, 0.29) is 11.4 Å². The van der Waals surface area contributed by atoms with Gasteiger partial charge in [-0.3, -0.25) is 9.69 Å². The summed E-state index contributed by atoms with van der Waals surface area (Å²) in [5, 5.41) is 0. The fourth-order valence-electron chi connectivity index (χ4n) is 4.27. The molecule has 1 atom stereocenters. The molecule has 25 heavy (non-hydrogen) atoms. The van der Waals surface area contributed by atoms with Crippen LogP contribution in [0.1, 0.15) is 38.7 Å². The van der Waals surface area contributed by atoms with Crippen LogP contribution in [0.4, 0.5) is 5.69 Å². The Morgan fingerprint density at radius 2 is 1.92 bits per heavy atom. The average Bonchev–Trinajstić information content (AvgIpc) is 2.56. The van der Waals surface area contributed by atoms with Crippen molar-refractivity contribution in [3.05, 3.63) is 23.8 Å². The summed E-state index contributed by atoms with van der Waals surface area (Å²) >= 11 is 0. The first kappa shape index (κ1) is 18.2. The zero-order chi connectivity index (χ0) is 18.2. The van der Waals surface area contributed by atoms with Crippen LogP contribution in [0.2, 0.25) is 0 Å². The molecule has 0 unspecified atom stereocenters. The van der Waals surface area contributed by atoms with E-state index in [1.807, 2.05) is 17.0 Å². The Bertz CT molecular complexity index is 636. The third-order valence-electron chi connectivity index (χ3n) is 5.62. The zero-order valence-corrected chi connectivity index (χ0v) is 16.2. The molecule has 1 aromatic carbocycles. The second-order valence-electron chi connectivity index (χ2n) is 8.15. The van der Waals surface area contributed by atoms with Crippen LogP contribution in [0.25, 0.3) is 0 Å². The molecule has 1 amide bonds. The summed E-state index contributed by atoms with van der Waals surface area (Å²) in [6.45, 7) is 11.1. The Kier molecular flexibility index (Phi) is 5.07. The van der Waals surface area contributed by atoms with Gasteiger partial charge in [0.1, 0.15) is 5.75 Å². The molecule has 0 bridgehead atoms. The third kappa shape index (κ3) is 3.67. The lowest BCUT2D eigenvalue weighted by Crippen LogP contribution is -2.56. The van der Waals surface area contributed by atoms with E-state index in [1.54, 1.807) is 7.11 Å². The van der Waals surface area contributed by atoms with Gasteiger partial charge in [-0.2, -0.15) is 0 Å². The second-order valence-corrected chi connectivity index (χ2v) is 8.15. The van der Waals surface area contributed by atoms with Gasteiger partial charge < -0.3 is 14.5 Å². The van der Waals surface area contributed by atoms with E-state index in [1.165, 1.54) is 5.56 Å². The number of hydrogen-bond acceptors (Lipinski definition) is 4. The normalized spacial score (nSPS) is 24.0. The van der Waals surface area contributed by atoms with Crippen LogP contribution in [-0.2, 0) is 4.79 Å². The van der Waals surface area contributed by atoms with Crippen molar-refractivity contribution < 1.29 is 9.53 Å². The minimum Gasteiger partial charge on any atom is -0.497 e. The quantitative estimate of drug-likeness (QED) is 0.844. The maximum Gasteiger partial charge on any atom is 0.241 e. The molecule has 2 aliphatic heterocycles. The molecule has 5 heteroatoms. The van der Waals surface area contributed by atoms with Crippen molar-refractivity contribution in [2.45, 2.75) is 38.6 Å². The van der Waals surface area contributed by atoms with Crippen LogP contribution in [-0.4, -0.2) is 68.1 Å². The predicted octanol–water partition coefficient (Wildman–Crippen LogP) is 2.56. The molecule has 0 aliphatic carbocycles. The highest BCUT2D eigenvalue weighted by Gasteiger charge is 2.40. The maximum absolute atomic E-state index is 13.2. The van der Waals surface area contributed by atoms with Crippen molar-refractivity contribution >= 4 is 11.6 Å². The standard InChI is InChI=1S/C20H31N3O2/c1-15-13-20(2,3)23(18-7-6-16(25-5)12-17(15)18)19(24)14-22-10-8-21(4)9-11-22/h6-7,12,15H,8-11,13-14H2,1-5H3/t15-/m0/s1. The SMILES string of the molecule is COc1ccc2c(c1)[C@@H](C)CC(C)(C)N2C(=O)CN1CCN(C)CC1. The van der Waals surface area contributed by atoms with Crippen LogP contribution in [0, 0.1) is 0 Å². The number of carbonyl (C=O) groups excluding carboxylic acids is 1. The number of amides is 1. The number of likely N-dealkylation sites (N-methyl/N-ethyl adjacent to an activating group) is 1. The highest BCUT2D eigenvalue weighted by Crippen LogP contribution is 2.44. The highest BCUT2D eigenvalue weighted by molar-refractivity contribution is 5.97. The van der Waals surface area contributed by atoms with Crippen LogP contribution < -0.4 is 9.64 Å². The molecule has 3 rings (SSSR count). The van der Waals surface area contributed by atoms with Crippen molar-refractivity contribution in [3.63, 3.8) is 0 Å². The lowest BCUT2D eigenvalue weighted by Gasteiger charge is -2.47. The van der Waals surface area contributed by atoms with Crippen molar-refractivity contribution in [3.8, 4) is 5.75 Å². The van der Waals surface area contributed by atoms with Gasteiger partial charge in [0.25, 0.3) is 0 Å². The summed E-state index contributed by atoms with van der Waals surface area (Å²) < 4.78 is 5.39. The fraction of sp³-hybridized carbons (Fsp3) is 0.650. The Hall–Kier alpha value is -1.59. The summed E-state index contributed by atoms with van der Waals surface area (Å²) in [5.74, 6) is 1.47. The molecular weight excluding hydrogens is 314 g/mol. The van der Waals surface area contributed by atoms with Gasteiger partial charge >= 0.3 is 0 Å². The van der Waals surface area contributed by atoms with Crippen LogP contribution >= 0.6 is 0 Å². The van der Waals surface area contributed by atoms with Crippen LogP contribution in [0.3, 0.4) is 0 Å². The Morgan fingerprint density at radius 1 is 1.24 bits per heavy atom. The largest absolute Gasteiger partial charge is 0.497 e. The van der Waals surface area contributed by atoms with E-state index in [4.69, 9.17) is 4.74 Å². The van der Waals surface area contributed by atoms with Gasteiger partial charge in [-0.1, -0.05) is 6.92 Å². The summed E-state index contributed by atoms with van der Waals surface area (Å²) in [7, 11) is 3.83.